The maximum Gasteiger partial charge on any atom is 0.0992 e. The SMILES string of the molecule is CC1CCCC(N(C)c2cc(Br)cc(C#N)c2)C1. The Morgan fingerprint density at radius 2 is 2.11 bits per heavy atom. The second-order valence-electron chi connectivity index (χ2n) is 5.35. The van der Waals surface area contributed by atoms with Gasteiger partial charge in [-0.3, -0.25) is 0 Å². The monoisotopic (exact) mass is 306 g/mol. The first-order valence-corrected chi connectivity index (χ1v) is 7.33. The van der Waals surface area contributed by atoms with Gasteiger partial charge in [-0.15, -0.1) is 0 Å². The third-order valence-corrected chi connectivity index (χ3v) is 4.33. The highest BCUT2D eigenvalue weighted by Crippen LogP contribution is 2.31. The summed E-state index contributed by atoms with van der Waals surface area (Å²) < 4.78 is 0.979. The van der Waals surface area contributed by atoms with Gasteiger partial charge in [0.25, 0.3) is 0 Å². The predicted molar refractivity (Wildman–Crippen MR) is 78.7 cm³/mol. The van der Waals surface area contributed by atoms with Crippen molar-refractivity contribution < 1.29 is 0 Å². The normalized spacial score (nSPS) is 23.4. The molecule has 2 unspecified atom stereocenters. The summed E-state index contributed by atoms with van der Waals surface area (Å²) in [6.07, 6.45) is 5.18. The van der Waals surface area contributed by atoms with Gasteiger partial charge in [-0.25, -0.2) is 0 Å². The topological polar surface area (TPSA) is 27.0 Å². The Morgan fingerprint density at radius 3 is 2.78 bits per heavy atom. The molecular formula is C15H19BrN2. The Hall–Kier alpha value is -1.01. The van der Waals surface area contributed by atoms with Crippen LogP contribution < -0.4 is 4.90 Å². The van der Waals surface area contributed by atoms with E-state index in [1.54, 1.807) is 0 Å². The summed E-state index contributed by atoms with van der Waals surface area (Å²) in [5.74, 6) is 0.814. The first-order valence-electron chi connectivity index (χ1n) is 6.53. The number of rotatable bonds is 2. The molecule has 1 saturated carbocycles. The molecule has 0 radical (unpaired) electrons. The van der Waals surface area contributed by atoms with Crippen LogP contribution in [0.3, 0.4) is 0 Å². The van der Waals surface area contributed by atoms with Crippen molar-refractivity contribution in [1.29, 1.82) is 5.26 Å². The summed E-state index contributed by atoms with van der Waals surface area (Å²) >= 11 is 3.48. The van der Waals surface area contributed by atoms with Crippen LogP contribution in [0.25, 0.3) is 0 Å². The second-order valence-corrected chi connectivity index (χ2v) is 6.26. The lowest BCUT2D eigenvalue weighted by molar-refractivity contribution is 0.336. The van der Waals surface area contributed by atoms with Crippen molar-refractivity contribution in [1.82, 2.24) is 0 Å². The zero-order valence-corrected chi connectivity index (χ0v) is 12.6. The molecule has 0 bridgehead atoms. The van der Waals surface area contributed by atoms with Crippen molar-refractivity contribution >= 4 is 21.6 Å². The summed E-state index contributed by atoms with van der Waals surface area (Å²) in [4.78, 5) is 2.33. The Balaban J connectivity index is 2.20. The highest BCUT2D eigenvalue weighted by atomic mass is 79.9. The molecule has 0 saturated heterocycles. The lowest BCUT2D eigenvalue weighted by atomic mass is 9.86. The van der Waals surface area contributed by atoms with E-state index in [-0.39, 0.29) is 0 Å². The number of hydrogen-bond acceptors (Lipinski definition) is 2. The Kier molecular flexibility index (Phi) is 4.29. The average molecular weight is 307 g/mol. The molecule has 0 spiro atoms. The van der Waals surface area contributed by atoms with Crippen LogP contribution in [-0.2, 0) is 0 Å². The number of halogens is 1. The number of anilines is 1. The minimum Gasteiger partial charge on any atom is -0.372 e. The molecule has 0 heterocycles. The van der Waals surface area contributed by atoms with Crippen molar-refractivity contribution in [3.05, 3.63) is 28.2 Å². The van der Waals surface area contributed by atoms with Crippen LogP contribution in [0.4, 0.5) is 5.69 Å². The third-order valence-electron chi connectivity index (χ3n) is 3.88. The van der Waals surface area contributed by atoms with Crippen LogP contribution in [0.5, 0.6) is 0 Å². The van der Waals surface area contributed by atoms with Gasteiger partial charge in [-0.2, -0.15) is 5.26 Å². The van der Waals surface area contributed by atoms with E-state index in [0.717, 1.165) is 21.6 Å². The summed E-state index contributed by atoms with van der Waals surface area (Å²) in [7, 11) is 2.14. The van der Waals surface area contributed by atoms with Crippen molar-refractivity contribution in [3.63, 3.8) is 0 Å². The van der Waals surface area contributed by atoms with E-state index in [1.165, 1.54) is 25.7 Å². The quantitative estimate of drug-likeness (QED) is 0.813. The standard InChI is InChI=1S/C15H19BrN2/c1-11-4-3-5-14(6-11)18(2)15-8-12(10-17)7-13(16)9-15/h7-9,11,14H,3-6H2,1-2H3. The number of nitriles is 1. The summed E-state index contributed by atoms with van der Waals surface area (Å²) in [5.41, 5.74) is 1.86. The number of nitrogens with zero attached hydrogens (tertiary/aromatic N) is 2. The molecule has 0 amide bonds. The first-order chi connectivity index (χ1) is 8.60. The van der Waals surface area contributed by atoms with Crippen molar-refractivity contribution in [2.75, 3.05) is 11.9 Å². The molecule has 2 atom stereocenters. The third kappa shape index (κ3) is 3.05. The highest BCUT2D eigenvalue weighted by molar-refractivity contribution is 9.10. The van der Waals surface area contributed by atoms with Gasteiger partial charge in [-0.1, -0.05) is 35.7 Å². The van der Waals surface area contributed by atoms with E-state index in [1.807, 2.05) is 12.1 Å². The maximum atomic E-state index is 9.03. The first kappa shape index (κ1) is 13.4. The van der Waals surface area contributed by atoms with Crippen LogP contribution in [0.15, 0.2) is 22.7 Å². The van der Waals surface area contributed by atoms with Crippen LogP contribution in [0.2, 0.25) is 0 Å². The van der Waals surface area contributed by atoms with Crippen molar-refractivity contribution in [3.8, 4) is 6.07 Å². The zero-order chi connectivity index (χ0) is 13.1. The Bertz CT molecular complexity index is 464. The minimum absolute atomic E-state index is 0.606. The zero-order valence-electron chi connectivity index (χ0n) is 11.0. The second kappa shape index (κ2) is 5.75. The van der Waals surface area contributed by atoms with Crippen LogP contribution >= 0.6 is 15.9 Å². The van der Waals surface area contributed by atoms with Gasteiger partial charge in [0.2, 0.25) is 0 Å². The number of hydrogen-bond donors (Lipinski definition) is 0. The van der Waals surface area contributed by atoms with E-state index < -0.39 is 0 Å². The smallest absolute Gasteiger partial charge is 0.0992 e. The van der Waals surface area contributed by atoms with E-state index in [4.69, 9.17) is 5.26 Å². The molecule has 1 fully saturated rings. The number of benzene rings is 1. The molecule has 1 aromatic carbocycles. The van der Waals surface area contributed by atoms with Crippen molar-refractivity contribution in [2.45, 2.75) is 38.6 Å². The minimum atomic E-state index is 0.606. The summed E-state index contributed by atoms with van der Waals surface area (Å²) in [6, 6.07) is 8.76. The van der Waals surface area contributed by atoms with E-state index in [2.05, 4.69) is 46.9 Å². The van der Waals surface area contributed by atoms with E-state index >= 15 is 0 Å². The van der Waals surface area contributed by atoms with Gasteiger partial charge >= 0.3 is 0 Å². The molecule has 18 heavy (non-hydrogen) atoms. The molecule has 1 aliphatic carbocycles. The summed E-state index contributed by atoms with van der Waals surface area (Å²) in [6.45, 7) is 2.33. The molecule has 0 N–H and O–H groups in total. The molecule has 96 valence electrons. The Morgan fingerprint density at radius 1 is 1.33 bits per heavy atom. The van der Waals surface area contributed by atoms with Gasteiger partial charge in [0.1, 0.15) is 0 Å². The predicted octanol–water partition coefficient (Wildman–Crippen LogP) is 4.34. The van der Waals surface area contributed by atoms with Crippen LogP contribution in [0, 0.1) is 17.2 Å². The molecule has 1 aromatic rings. The molecule has 3 heteroatoms. The molecule has 0 aromatic heterocycles. The summed E-state index contributed by atoms with van der Waals surface area (Å²) in [5, 5.41) is 9.03. The molecule has 2 rings (SSSR count). The fraction of sp³-hybridized carbons (Fsp3) is 0.533. The van der Waals surface area contributed by atoms with Crippen molar-refractivity contribution in [2.24, 2.45) is 5.92 Å². The largest absolute Gasteiger partial charge is 0.372 e. The van der Waals surface area contributed by atoms with E-state index in [0.29, 0.717) is 6.04 Å². The van der Waals surface area contributed by atoms with Gasteiger partial charge < -0.3 is 4.90 Å². The Labute approximate surface area is 118 Å². The highest BCUT2D eigenvalue weighted by Gasteiger charge is 2.22. The van der Waals surface area contributed by atoms with Crippen LogP contribution in [-0.4, -0.2) is 13.1 Å². The molecular weight excluding hydrogens is 288 g/mol. The average Bonchev–Trinajstić information content (AvgIpc) is 2.37. The van der Waals surface area contributed by atoms with Gasteiger partial charge in [0.15, 0.2) is 0 Å². The fourth-order valence-corrected chi connectivity index (χ4v) is 3.29. The lowest BCUT2D eigenvalue weighted by Gasteiger charge is -2.35. The van der Waals surface area contributed by atoms with E-state index in [9.17, 15) is 0 Å². The molecule has 1 aliphatic rings. The lowest BCUT2D eigenvalue weighted by Crippen LogP contribution is -2.35. The maximum absolute atomic E-state index is 9.03. The molecule has 2 nitrogen and oxygen atoms in total. The van der Waals surface area contributed by atoms with Gasteiger partial charge in [0, 0.05) is 23.2 Å². The molecule has 0 aliphatic heterocycles. The van der Waals surface area contributed by atoms with Crippen LogP contribution in [0.1, 0.15) is 38.2 Å². The van der Waals surface area contributed by atoms with Gasteiger partial charge in [0.05, 0.1) is 11.6 Å². The van der Waals surface area contributed by atoms with Gasteiger partial charge in [-0.05, 0) is 37.0 Å². The fourth-order valence-electron chi connectivity index (χ4n) is 2.81.